The highest BCUT2D eigenvalue weighted by molar-refractivity contribution is 7.80. The van der Waals surface area contributed by atoms with E-state index in [9.17, 15) is 19.8 Å². The van der Waals surface area contributed by atoms with Crippen molar-refractivity contribution < 1.29 is 64.3 Å². The lowest BCUT2D eigenvalue weighted by molar-refractivity contribution is -0.156. The summed E-state index contributed by atoms with van der Waals surface area (Å²) in [6, 6.07) is 20.9. The van der Waals surface area contributed by atoms with Crippen LogP contribution in [0.3, 0.4) is 0 Å². The fraction of sp³-hybridized carbons (Fsp3) is 0.588. The summed E-state index contributed by atoms with van der Waals surface area (Å²) in [6.07, 6.45) is 8.52. The van der Waals surface area contributed by atoms with Gasteiger partial charge < -0.3 is 29.5 Å². The van der Waals surface area contributed by atoms with E-state index in [1.54, 1.807) is 0 Å². The molecule has 4 fully saturated rings. The van der Waals surface area contributed by atoms with E-state index in [0.717, 1.165) is 36.8 Å². The van der Waals surface area contributed by atoms with Crippen molar-refractivity contribution in [1.29, 1.82) is 0 Å². The largest absolute Gasteiger partial charge is 0.462 e. The molecular weight excluding hydrogens is 725 g/mol. The molecule has 292 valence electrons. The first-order valence-electron chi connectivity index (χ1n) is 16.9. The molecule has 0 amide bonds. The summed E-state index contributed by atoms with van der Waals surface area (Å²) in [6.45, 7) is -0.412. The average Bonchev–Trinajstić information content (AvgIpc) is 3.37. The van der Waals surface area contributed by atoms with Gasteiger partial charge in [-0.25, -0.2) is 0 Å². The molecule has 4 aliphatic rings. The van der Waals surface area contributed by atoms with E-state index in [-0.39, 0.29) is 37.4 Å². The van der Waals surface area contributed by atoms with Gasteiger partial charge in [0.1, 0.15) is 24.0 Å². The van der Waals surface area contributed by atoms with Gasteiger partial charge in [-0.15, -0.1) is 0 Å². The second-order valence-corrected chi connectivity index (χ2v) is 15.1. The number of hydrogen-bond donors (Lipinski definition) is 6. The van der Waals surface area contributed by atoms with Crippen LogP contribution in [-0.4, -0.2) is 131 Å². The van der Waals surface area contributed by atoms with Crippen LogP contribution in [0.4, 0.5) is 0 Å². The average molecular weight is 775 g/mol. The highest BCUT2D eigenvalue weighted by Crippen LogP contribution is 2.37. The zero-order chi connectivity index (χ0) is 38.6. The van der Waals surface area contributed by atoms with Crippen LogP contribution in [0.15, 0.2) is 60.7 Å². The summed E-state index contributed by atoms with van der Waals surface area (Å²) in [5.74, 6) is -1.72. The smallest absolute Gasteiger partial charge is 0.394 e. The van der Waals surface area contributed by atoms with Crippen LogP contribution in [0.1, 0.15) is 74.3 Å². The Kier molecular flexibility index (Phi) is 16.6. The monoisotopic (exact) mass is 774 g/mol. The Bertz CT molecular complexity index is 1470. The van der Waals surface area contributed by atoms with Gasteiger partial charge >= 0.3 is 32.7 Å². The molecule has 6 N–H and O–H groups in total. The third kappa shape index (κ3) is 14.4. The second-order valence-electron chi connectivity index (χ2n) is 13.3. The number of esters is 2. The molecule has 4 heterocycles. The molecule has 2 aromatic rings. The van der Waals surface area contributed by atoms with Gasteiger partial charge in [0.15, 0.2) is 0 Å². The molecule has 6 unspecified atom stereocenters. The minimum atomic E-state index is -4.67. The van der Waals surface area contributed by atoms with Crippen LogP contribution in [0.5, 0.6) is 0 Å². The van der Waals surface area contributed by atoms with Crippen molar-refractivity contribution in [2.24, 2.45) is 0 Å². The number of aliphatic hydroxyl groups excluding tert-OH is 2. The van der Waals surface area contributed by atoms with Crippen LogP contribution < -0.4 is 0 Å². The fourth-order valence-corrected chi connectivity index (χ4v) is 7.41. The molecule has 6 rings (SSSR count). The Labute approximate surface area is 304 Å². The predicted molar refractivity (Wildman–Crippen MR) is 188 cm³/mol. The van der Waals surface area contributed by atoms with Gasteiger partial charge in [-0.1, -0.05) is 60.7 Å². The van der Waals surface area contributed by atoms with Gasteiger partial charge in [-0.2, -0.15) is 16.8 Å². The van der Waals surface area contributed by atoms with Crippen LogP contribution in [0.25, 0.3) is 0 Å². The van der Waals surface area contributed by atoms with E-state index >= 15 is 0 Å². The van der Waals surface area contributed by atoms with Gasteiger partial charge in [0.05, 0.1) is 13.2 Å². The normalized spacial score (nSPS) is 26.5. The first kappa shape index (κ1) is 43.4. The number of aliphatic hydroxyl groups is 2. The van der Waals surface area contributed by atoms with Crippen LogP contribution in [0, 0.1) is 0 Å². The Morgan fingerprint density at radius 1 is 0.596 bits per heavy atom. The van der Waals surface area contributed by atoms with Gasteiger partial charge in [-0.05, 0) is 76.6 Å². The number of benzene rings is 2. The maximum atomic E-state index is 12.4. The zero-order valence-corrected chi connectivity index (χ0v) is 30.8. The summed E-state index contributed by atoms with van der Waals surface area (Å²) in [4.78, 5) is 29.6. The van der Waals surface area contributed by atoms with E-state index in [2.05, 4.69) is 23.9 Å². The molecular formula is C34H50N2O14S2. The van der Waals surface area contributed by atoms with Gasteiger partial charge in [0.25, 0.3) is 0 Å². The molecule has 0 radical (unpaired) electrons. The Morgan fingerprint density at radius 2 is 0.846 bits per heavy atom. The Morgan fingerprint density at radius 3 is 1.08 bits per heavy atom. The van der Waals surface area contributed by atoms with Crippen molar-refractivity contribution in [3.8, 4) is 0 Å². The number of carbonyl (C=O) groups excluding carboxylic acids is 2. The number of fused-ring (bicyclic) bond motifs is 4. The van der Waals surface area contributed by atoms with E-state index in [1.165, 1.54) is 25.7 Å². The number of rotatable bonds is 8. The molecule has 0 spiro atoms. The lowest BCUT2D eigenvalue weighted by atomic mass is 9.98. The molecule has 18 heteroatoms. The van der Waals surface area contributed by atoms with E-state index in [1.807, 2.05) is 60.7 Å². The van der Waals surface area contributed by atoms with Gasteiger partial charge in [-0.3, -0.25) is 27.8 Å². The first-order valence-corrected chi connectivity index (χ1v) is 19.7. The molecule has 0 aliphatic carbocycles. The highest BCUT2D eigenvalue weighted by Gasteiger charge is 2.41. The maximum absolute atomic E-state index is 12.4. The minimum Gasteiger partial charge on any atom is -0.462 e. The van der Waals surface area contributed by atoms with Crippen molar-refractivity contribution >= 4 is 32.7 Å². The lowest BCUT2D eigenvalue weighted by Gasteiger charge is -2.36. The van der Waals surface area contributed by atoms with Gasteiger partial charge in [0, 0.05) is 24.2 Å². The standard InChI is InChI=1S/2C17H23NO3.2H2O4S/c2*1-18-13-7-8-14(18)10-15(9-13)21-17(20)16(11-19)12-5-3-2-4-6-12;2*1-5(2,3)4/h2*2-6,13-16,19H,7-11H2,1H3;2*(H2,1,2,3,4). The number of carbonyl (C=O) groups is 2. The Balaban J connectivity index is 0.000000223. The summed E-state index contributed by atoms with van der Waals surface area (Å²) in [7, 11) is -5.00. The number of hydrogen-bond acceptors (Lipinski definition) is 12. The molecule has 0 aromatic heterocycles. The minimum absolute atomic E-state index is 0.00367. The van der Waals surface area contributed by atoms with Crippen LogP contribution >= 0.6 is 0 Å². The molecule has 4 bridgehead atoms. The predicted octanol–water partition coefficient (Wildman–Crippen LogP) is 2.56. The fourth-order valence-electron chi connectivity index (χ4n) is 7.41. The van der Waals surface area contributed by atoms with E-state index < -0.39 is 32.6 Å². The van der Waals surface area contributed by atoms with Crippen LogP contribution in [0.2, 0.25) is 0 Å². The lowest BCUT2D eigenvalue weighted by Crippen LogP contribution is -2.43. The van der Waals surface area contributed by atoms with Crippen molar-refractivity contribution in [3.63, 3.8) is 0 Å². The SMILES string of the molecule is CN1C2CCC1CC(OC(=O)C(CO)c1ccccc1)C2.CN1C2CCC1CC(OC(=O)C(CO)c1ccccc1)C2.O=S(=O)(O)O.O=S(=O)(O)O. The molecule has 6 atom stereocenters. The first-order chi connectivity index (χ1) is 24.4. The number of ether oxygens (including phenoxy) is 2. The maximum Gasteiger partial charge on any atom is 0.394 e. The molecule has 16 nitrogen and oxygen atoms in total. The van der Waals surface area contributed by atoms with Crippen molar-refractivity contribution in [2.75, 3.05) is 27.3 Å². The Hall–Kier alpha value is -3.04. The van der Waals surface area contributed by atoms with E-state index in [0.29, 0.717) is 24.2 Å². The summed E-state index contributed by atoms with van der Waals surface area (Å²) in [5, 5.41) is 19.1. The summed E-state index contributed by atoms with van der Waals surface area (Å²) < 4.78 is 74.6. The molecule has 4 aliphatic heterocycles. The second kappa shape index (κ2) is 19.9. The van der Waals surface area contributed by atoms with Crippen LogP contribution in [-0.2, 0) is 39.9 Å². The van der Waals surface area contributed by atoms with Crippen molar-refractivity contribution in [2.45, 2.75) is 99.6 Å². The molecule has 0 saturated carbocycles. The highest BCUT2D eigenvalue weighted by atomic mass is 32.3. The molecule has 52 heavy (non-hydrogen) atoms. The number of piperidine rings is 2. The van der Waals surface area contributed by atoms with E-state index in [4.69, 9.17) is 44.5 Å². The topological polar surface area (TPSA) is 249 Å². The number of nitrogens with zero attached hydrogens (tertiary/aromatic N) is 2. The summed E-state index contributed by atoms with van der Waals surface area (Å²) in [5.41, 5.74) is 1.64. The van der Waals surface area contributed by atoms with Gasteiger partial charge in [0.2, 0.25) is 0 Å². The van der Waals surface area contributed by atoms with Crippen molar-refractivity contribution in [1.82, 2.24) is 9.80 Å². The quantitative estimate of drug-likeness (QED) is 0.167. The summed E-state index contributed by atoms with van der Waals surface area (Å²) >= 11 is 0. The zero-order valence-electron chi connectivity index (χ0n) is 29.1. The molecule has 4 saturated heterocycles. The third-order valence-corrected chi connectivity index (χ3v) is 10.0. The third-order valence-electron chi connectivity index (χ3n) is 10.0. The van der Waals surface area contributed by atoms with Crippen molar-refractivity contribution in [3.05, 3.63) is 71.8 Å². The molecule has 2 aromatic carbocycles.